The standard InChI is InChI=1S/C11H14Cl2N2O2S.ClH/c1-7-5-15(6-10(7)14)18(16,17)11-8(12)3-2-4-9(11)13;/h2-4,7,10H,5-6,14H2,1H3;1H. The largest absolute Gasteiger partial charge is 0.326 e. The molecule has 0 saturated carbocycles. The number of nitrogens with two attached hydrogens (primary N) is 1. The average Bonchev–Trinajstić information content (AvgIpc) is 2.59. The zero-order valence-corrected chi connectivity index (χ0v) is 13.4. The van der Waals surface area contributed by atoms with Crippen LogP contribution in [0.3, 0.4) is 0 Å². The van der Waals surface area contributed by atoms with Crippen LogP contribution in [0.2, 0.25) is 10.0 Å². The van der Waals surface area contributed by atoms with Crippen molar-refractivity contribution in [3.05, 3.63) is 28.2 Å². The van der Waals surface area contributed by atoms with Crippen molar-refractivity contribution in [3.8, 4) is 0 Å². The van der Waals surface area contributed by atoms with Crippen molar-refractivity contribution < 1.29 is 8.42 Å². The van der Waals surface area contributed by atoms with Crippen molar-refractivity contribution in [2.75, 3.05) is 13.1 Å². The van der Waals surface area contributed by atoms with Crippen molar-refractivity contribution in [1.29, 1.82) is 0 Å². The summed E-state index contributed by atoms with van der Waals surface area (Å²) in [5, 5.41) is 0.270. The Labute approximate surface area is 129 Å². The summed E-state index contributed by atoms with van der Waals surface area (Å²) in [6.45, 7) is 2.62. The highest BCUT2D eigenvalue weighted by Gasteiger charge is 2.37. The molecule has 4 nitrogen and oxygen atoms in total. The van der Waals surface area contributed by atoms with E-state index in [1.165, 1.54) is 16.4 Å². The second-order valence-corrected chi connectivity index (χ2v) is 7.20. The number of nitrogens with zero attached hydrogens (tertiary/aromatic N) is 1. The summed E-state index contributed by atoms with van der Waals surface area (Å²) in [6, 6.07) is 4.49. The van der Waals surface area contributed by atoms with Crippen molar-refractivity contribution in [2.24, 2.45) is 11.7 Å². The fraction of sp³-hybridized carbons (Fsp3) is 0.455. The third kappa shape index (κ3) is 3.17. The Morgan fingerprint density at radius 3 is 2.21 bits per heavy atom. The highest BCUT2D eigenvalue weighted by atomic mass is 35.5. The van der Waals surface area contributed by atoms with E-state index in [0.717, 1.165) is 0 Å². The van der Waals surface area contributed by atoms with Crippen LogP contribution in [-0.2, 0) is 10.0 Å². The maximum Gasteiger partial charge on any atom is 0.246 e. The first-order valence-electron chi connectivity index (χ1n) is 5.53. The van der Waals surface area contributed by atoms with Gasteiger partial charge in [-0.25, -0.2) is 8.42 Å². The predicted octanol–water partition coefficient (Wildman–Crippen LogP) is 2.38. The lowest BCUT2D eigenvalue weighted by Gasteiger charge is -2.17. The maximum atomic E-state index is 12.5. The minimum Gasteiger partial charge on any atom is -0.326 e. The summed E-state index contributed by atoms with van der Waals surface area (Å²) in [5.74, 6) is 0.126. The Morgan fingerprint density at radius 1 is 1.26 bits per heavy atom. The molecule has 1 aliphatic heterocycles. The minimum absolute atomic E-state index is 0. The molecule has 0 bridgehead atoms. The fourth-order valence-electron chi connectivity index (χ4n) is 2.00. The van der Waals surface area contributed by atoms with Crippen LogP contribution in [0, 0.1) is 5.92 Å². The van der Waals surface area contributed by atoms with Crippen LogP contribution in [0.4, 0.5) is 0 Å². The van der Waals surface area contributed by atoms with Gasteiger partial charge in [0, 0.05) is 19.1 Å². The summed E-state index contributed by atoms with van der Waals surface area (Å²) < 4.78 is 26.3. The summed E-state index contributed by atoms with van der Waals surface area (Å²) >= 11 is 11.9. The Hall–Kier alpha value is -0.0400. The second kappa shape index (κ2) is 6.16. The van der Waals surface area contributed by atoms with Crippen LogP contribution in [0.15, 0.2) is 23.1 Å². The molecule has 0 radical (unpaired) electrons. The van der Waals surface area contributed by atoms with Gasteiger partial charge in [-0.15, -0.1) is 12.4 Å². The quantitative estimate of drug-likeness (QED) is 0.895. The Kier molecular flexibility index (Phi) is 5.52. The number of hydrogen-bond donors (Lipinski definition) is 1. The van der Waals surface area contributed by atoms with Crippen LogP contribution in [0.5, 0.6) is 0 Å². The average molecular weight is 346 g/mol. The molecule has 8 heteroatoms. The third-order valence-electron chi connectivity index (χ3n) is 3.15. The molecule has 1 saturated heterocycles. The molecule has 1 aromatic rings. The summed E-state index contributed by atoms with van der Waals surface area (Å²) in [5.41, 5.74) is 5.85. The van der Waals surface area contributed by atoms with Gasteiger partial charge in [0.25, 0.3) is 0 Å². The topological polar surface area (TPSA) is 63.4 Å². The monoisotopic (exact) mass is 344 g/mol. The third-order valence-corrected chi connectivity index (χ3v) is 5.94. The Balaban J connectivity index is 0.00000180. The van der Waals surface area contributed by atoms with Gasteiger partial charge in [0.15, 0.2) is 0 Å². The minimum atomic E-state index is -3.68. The smallest absolute Gasteiger partial charge is 0.246 e. The number of sulfonamides is 1. The molecule has 19 heavy (non-hydrogen) atoms. The van der Waals surface area contributed by atoms with E-state index in [0.29, 0.717) is 13.1 Å². The van der Waals surface area contributed by atoms with E-state index in [1.54, 1.807) is 6.07 Å². The number of hydrogen-bond acceptors (Lipinski definition) is 3. The van der Waals surface area contributed by atoms with Crippen molar-refractivity contribution in [3.63, 3.8) is 0 Å². The van der Waals surface area contributed by atoms with Crippen LogP contribution < -0.4 is 5.73 Å². The van der Waals surface area contributed by atoms with E-state index >= 15 is 0 Å². The first-order valence-corrected chi connectivity index (χ1v) is 7.73. The second-order valence-electron chi connectivity index (χ2n) is 4.51. The lowest BCUT2D eigenvalue weighted by Crippen LogP contribution is -2.32. The molecule has 1 heterocycles. The van der Waals surface area contributed by atoms with E-state index in [9.17, 15) is 8.42 Å². The van der Waals surface area contributed by atoms with E-state index in [1.807, 2.05) is 6.92 Å². The summed E-state index contributed by atoms with van der Waals surface area (Å²) in [7, 11) is -3.68. The van der Waals surface area contributed by atoms with Crippen molar-refractivity contribution >= 4 is 45.6 Å². The van der Waals surface area contributed by atoms with Crippen LogP contribution in [0.25, 0.3) is 0 Å². The Morgan fingerprint density at radius 2 is 1.79 bits per heavy atom. The molecule has 1 aliphatic rings. The van der Waals surface area contributed by atoms with Gasteiger partial charge in [-0.05, 0) is 18.1 Å². The van der Waals surface area contributed by atoms with Gasteiger partial charge in [0.1, 0.15) is 4.90 Å². The number of halogens is 3. The SMILES string of the molecule is CC1CN(S(=O)(=O)c2c(Cl)cccc2Cl)CC1N.Cl. The highest BCUT2D eigenvalue weighted by Crippen LogP contribution is 2.33. The normalized spacial score (nSPS) is 24.2. The first-order chi connectivity index (χ1) is 8.34. The fourth-order valence-corrected chi connectivity index (χ4v) is 4.67. The molecule has 1 fully saturated rings. The van der Waals surface area contributed by atoms with Crippen molar-refractivity contribution in [2.45, 2.75) is 17.9 Å². The number of benzene rings is 1. The van der Waals surface area contributed by atoms with E-state index in [2.05, 4.69) is 0 Å². The molecular weight excluding hydrogens is 331 g/mol. The predicted molar refractivity (Wildman–Crippen MR) is 79.6 cm³/mol. The zero-order valence-electron chi connectivity index (χ0n) is 10.2. The van der Waals surface area contributed by atoms with Gasteiger partial charge in [0.05, 0.1) is 10.0 Å². The summed E-state index contributed by atoms with van der Waals surface area (Å²) in [4.78, 5) is -0.0327. The van der Waals surface area contributed by atoms with Gasteiger partial charge >= 0.3 is 0 Å². The molecule has 1 aromatic carbocycles. The molecule has 2 N–H and O–H groups in total. The van der Waals surface area contributed by atoms with E-state index in [4.69, 9.17) is 28.9 Å². The summed E-state index contributed by atoms with van der Waals surface area (Å²) in [6.07, 6.45) is 0. The van der Waals surface area contributed by atoms with Crippen molar-refractivity contribution in [1.82, 2.24) is 4.31 Å². The molecule has 2 rings (SSSR count). The molecule has 0 amide bonds. The van der Waals surface area contributed by atoms with Gasteiger partial charge in [0.2, 0.25) is 10.0 Å². The van der Waals surface area contributed by atoms with Crippen LogP contribution in [-0.4, -0.2) is 31.9 Å². The Bertz CT molecular complexity index is 535. The molecule has 0 aliphatic carbocycles. The van der Waals surface area contributed by atoms with Crippen LogP contribution in [0.1, 0.15) is 6.92 Å². The molecule has 0 spiro atoms. The number of rotatable bonds is 2. The van der Waals surface area contributed by atoms with Gasteiger partial charge < -0.3 is 5.73 Å². The lowest BCUT2D eigenvalue weighted by molar-refractivity contribution is 0.464. The molecular formula is C11H15Cl3N2O2S. The molecule has 0 aromatic heterocycles. The zero-order chi connectivity index (χ0) is 13.5. The first kappa shape index (κ1) is 17.0. The molecule has 108 valence electrons. The highest BCUT2D eigenvalue weighted by molar-refractivity contribution is 7.89. The molecule has 2 atom stereocenters. The van der Waals surface area contributed by atoms with E-state index < -0.39 is 10.0 Å². The van der Waals surface area contributed by atoms with Gasteiger partial charge in [-0.3, -0.25) is 0 Å². The van der Waals surface area contributed by atoms with Gasteiger partial charge in [-0.1, -0.05) is 36.2 Å². The molecule has 2 unspecified atom stereocenters. The maximum absolute atomic E-state index is 12.5. The lowest BCUT2D eigenvalue weighted by atomic mass is 10.1. The van der Waals surface area contributed by atoms with E-state index in [-0.39, 0.29) is 39.3 Å². The van der Waals surface area contributed by atoms with Gasteiger partial charge in [-0.2, -0.15) is 4.31 Å². The van der Waals surface area contributed by atoms with Crippen LogP contribution >= 0.6 is 35.6 Å².